The molecule has 0 saturated carbocycles. The Morgan fingerprint density at radius 1 is 1.06 bits per heavy atom. The number of imidazole rings is 1. The number of hydrogen-bond acceptors (Lipinski definition) is 5. The summed E-state index contributed by atoms with van der Waals surface area (Å²) >= 11 is 0. The molecule has 4 aromatic rings. The number of rotatable bonds is 5. The second-order valence-corrected chi connectivity index (χ2v) is 10.5. The van der Waals surface area contributed by atoms with Crippen molar-refractivity contribution in [3.05, 3.63) is 82.3 Å². The fraction of sp³-hybridized carbons (Fsp3) is 0.407. The average molecular weight is 473 g/mol. The first-order valence-corrected chi connectivity index (χ1v) is 12.2. The van der Waals surface area contributed by atoms with Crippen LogP contribution in [0.2, 0.25) is 0 Å². The van der Waals surface area contributed by atoms with Gasteiger partial charge >= 0.3 is 0 Å². The standard InChI is InChI=1S/C27H32N6O2/c1-27(2,3)20-9-12-31(13-10-20)16-19-7-8-23-29-21(18-32(23)17-19)15-28-26(35)22-14-25(34)33-11-5-4-6-24(33)30-22/h4-8,11,14,17-18,20H,9-10,12-13,15-16H2,1-3H3,(H,28,35). The van der Waals surface area contributed by atoms with Gasteiger partial charge in [-0.25, -0.2) is 9.97 Å². The van der Waals surface area contributed by atoms with Gasteiger partial charge in [-0.15, -0.1) is 0 Å². The van der Waals surface area contributed by atoms with E-state index in [1.807, 2.05) is 16.7 Å². The van der Waals surface area contributed by atoms with Crippen LogP contribution >= 0.6 is 0 Å². The van der Waals surface area contributed by atoms with Crippen molar-refractivity contribution >= 4 is 17.2 Å². The summed E-state index contributed by atoms with van der Waals surface area (Å²) in [7, 11) is 0. The number of carbonyl (C=O) groups excluding carboxylic acids is 1. The zero-order valence-electron chi connectivity index (χ0n) is 20.6. The molecule has 0 aliphatic carbocycles. The average Bonchev–Trinajstić information content (AvgIpc) is 3.24. The fourth-order valence-corrected chi connectivity index (χ4v) is 4.92. The van der Waals surface area contributed by atoms with Crippen molar-refractivity contribution in [2.24, 2.45) is 11.3 Å². The number of aromatic nitrogens is 4. The number of carbonyl (C=O) groups is 1. The fourth-order valence-electron chi connectivity index (χ4n) is 4.92. The Bertz CT molecular complexity index is 1420. The van der Waals surface area contributed by atoms with Crippen LogP contribution in [-0.4, -0.2) is 42.7 Å². The van der Waals surface area contributed by atoms with Gasteiger partial charge in [0.1, 0.15) is 17.0 Å². The molecule has 4 aromatic heterocycles. The maximum Gasteiger partial charge on any atom is 0.270 e. The summed E-state index contributed by atoms with van der Waals surface area (Å²) in [6.07, 6.45) is 8.19. The van der Waals surface area contributed by atoms with Gasteiger partial charge in [-0.2, -0.15) is 0 Å². The smallest absolute Gasteiger partial charge is 0.270 e. The SMILES string of the molecule is CC(C)(C)C1CCN(Cc2ccc3nc(CNC(=O)c4cc(=O)n5ccccc5n4)cn3c2)CC1. The molecule has 5 heterocycles. The topological polar surface area (TPSA) is 84.0 Å². The summed E-state index contributed by atoms with van der Waals surface area (Å²) < 4.78 is 3.42. The molecule has 0 atom stereocenters. The Kier molecular flexibility index (Phi) is 6.15. The van der Waals surface area contributed by atoms with Gasteiger partial charge in [0.25, 0.3) is 11.5 Å². The minimum absolute atomic E-state index is 0.0995. The largest absolute Gasteiger partial charge is 0.345 e. The first-order chi connectivity index (χ1) is 16.8. The summed E-state index contributed by atoms with van der Waals surface area (Å²) in [4.78, 5) is 36.3. The number of piperidine rings is 1. The maximum atomic E-state index is 12.6. The normalized spacial score (nSPS) is 15.6. The molecule has 8 heteroatoms. The first kappa shape index (κ1) is 23.2. The molecule has 0 aromatic carbocycles. The van der Waals surface area contributed by atoms with Crippen LogP contribution < -0.4 is 10.9 Å². The second kappa shape index (κ2) is 9.26. The van der Waals surface area contributed by atoms with E-state index in [1.54, 1.807) is 24.4 Å². The Morgan fingerprint density at radius 3 is 2.63 bits per heavy atom. The Balaban J connectivity index is 1.22. The number of nitrogens with one attached hydrogen (secondary N) is 1. The van der Waals surface area contributed by atoms with Crippen LogP contribution in [0, 0.1) is 11.3 Å². The molecule has 182 valence electrons. The van der Waals surface area contributed by atoms with Gasteiger partial charge in [-0.3, -0.25) is 18.9 Å². The van der Waals surface area contributed by atoms with Crippen LogP contribution in [0.25, 0.3) is 11.3 Å². The minimum Gasteiger partial charge on any atom is -0.345 e. The van der Waals surface area contributed by atoms with Crippen molar-refractivity contribution < 1.29 is 4.79 Å². The van der Waals surface area contributed by atoms with E-state index in [2.05, 4.69) is 53.2 Å². The molecule has 1 saturated heterocycles. The van der Waals surface area contributed by atoms with Crippen molar-refractivity contribution in [3.63, 3.8) is 0 Å². The van der Waals surface area contributed by atoms with Crippen molar-refractivity contribution in [2.75, 3.05) is 13.1 Å². The molecule has 0 radical (unpaired) electrons. The highest BCUT2D eigenvalue weighted by atomic mass is 16.2. The highest BCUT2D eigenvalue weighted by molar-refractivity contribution is 5.92. The Morgan fingerprint density at radius 2 is 1.86 bits per heavy atom. The molecule has 0 spiro atoms. The predicted molar refractivity (Wildman–Crippen MR) is 135 cm³/mol. The number of nitrogens with zero attached hydrogens (tertiary/aromatic N) is 5. The van der Waals surface area contributed by atoms with Crippen molar-refractivity contribution in [1.82, 2.24) is 29.0 Å². The van der Waals surface area contributed by atoms with Crippen LogP contribution in [0.4, 0.5) is 0 Å². The molecule has 35 heavy (non-hydrogen) atoms. The van der Waals surface area contributed by atoms with Crippen molar-refractivity contribution in [1.29, 1.82) is 0 Å². The Hall–Kier alpha value is -3.52. The molecule has 1 N–H and O–H groups in total. The highest BCUT2D eigenvalue weighted by Gasteiger charge is 2.28. The second-order valence-electron chi connectivity index (χ2n) is 10.5. The number of amides is 1. The van der Waals surface area contributed by atoms with Gasteiger partial charge in [-0.05, 0) is 61.0 Å². The quantitative estimate of drug-likeness (QED) is 0.480. The number of hydrogen-bond donors (Lipinski definition) is 1. The minimum atomic E-state index is -0.398. The number of fused-ring (bicyclic) bond motifs is 2. The molecule has 5 rings (SSSR count). The zero-order valence-corrected chi connectivity index (χ0v) is 20.6. The summed E-state index contributed by atoms with van der Waals surface area (Å²) in [5.41, 5.74) is 3.47. The summed E-state index contributed by atoms with van der Waals surface area (Å²) in [6.45, 7) is 10.5. The van der Waals surface area contributed by atoms with E-state index in [0.29, 0.717) is 11.1 Å². The molecular weight excluding hydrogens is 440 g/mol. The van der Waals surface area contributed by atoms with Gasteiger partial charge in [0, 0.05) is 31.2 Å². The van der Waals surface area contributed by atoms with Gasteiger partial charge in [-0.1, -0.05) is 32.9 Å². The molecule has 1 aliphatic heterocycles. The molecule has 1 fully saturated rings. The third kappa shape index (κ3) is 5.12. The van der Waals surface area contributed by atoms with Crippen molar-refractivity contribution in [3.8, 4) is 0 Å². The maximum absolute atomic E-state index is 12.6. The van der Waals surface area contributed by atoms with Gasteiger partial charge in [0.2, 0.25) is 0 Å². The summed E-state index contributed by atoms with van der Waals surface area (Å²) in [5.74, 6) is 0.390. The van der Waals surface area contributed by atoms with Gasteiger partial charge < -0.3 is 9.72 Å². The lowest BCUT2D eigenvalue weighted by Crippen LogP contribution is -2.37. The lowest BCUT2D eigenvalue weighted by Gasteiger charge is -2.38. The van der Waals surface area contributed by atoms with E-state index in [-0.39, 0.29) is 17.8 Å². The van der Waals surface area contributed by atoms with E-state index >= 15 is 0 Å². The molecule has 8 nitrogen and oxygen atoms in total. The molecule has 0 bridgehead atoms. The lowest BCUT2D eigenvalue weighted by molar-refractivity contribution is 0.0945. The number of likely N-dealkylation sites (tertiary alicyclic amines) is 1. The summed E-state index contributed by atoms with van der Waals surface area (Å²) in [6, 6.07) is 10.6. The molecular formula is C27H32N6O2. The van der Waals surface area contributed by atoms with Crippen LogP contribution in [0.1, 0.15) is 55.4 Å². The molecule has 0 unspecified atom stereocenters. The van der Waals surface area contributed by atoms with Gasteiger partial charge in [0.05, 0.1) is 12.2 Å². The first-order valence-electron chi connectivity index (χ1n) is 12.2. The molecule has 1 amide bonds. The van der Waals surface area contributed by atoms with E-state index in [4.69, 9.17) is 0 Å². The molecule has 1 aliphatic rings. The van der Waals surface area contributed by atoms with E-state index in [0.717, 1.165) is 36.9 Å². The Labute approximate surface area is 204 Å². The van der Waals surface area contributed by atoms with Gasteiger partial charge in [0.15, 0.2) is 0 Å². The van der Waals surface area contributed by atoms with Crippen LogP contribution in [0.15, 0.2) is 59.8 Å². The summed E-state index contributed by atoms with van der Waals surface area (Å²) in [5, 5.41) is 2.83. The third-order valence-electron chi connectivity index (χ3n) is 7.01. The third-order valence-corrected chi connectivity index (χ3v) is 7.01. The van der Waals surface area contributed by atoms with Crippen LogP contribution in [0.3, 0.4) is 0 Å². The van der Waals surface area contributed by atoms with E-state index < -0.39 is 5.91 Å². The highest BCUT2D eigenvalue weighted by Crippen LogP contribution is 2.34. The van der Waals surface area contributed by atoms with E-state index in [9.17, 15) is 9.59 Å². The van der Waals surface area contributed by atoms with Crippen LogP contribution in [0.5, 0.6) is 0 Å². The lowest BCUT2D eigenvalue weighted by atomic mass is 9.75. The number of pyridine rings is 2. The van der Waals surface area contributed by atoms with Crippen LogP contribution in [-0.2, 0) is 13.1 Å². The zero-order chi connectivity index (χ0) is 24.6. The van der Waals surface area contributed by atoms with E-state index in [1.165, 1.54) is 28.9 Å². The monoisotopic (exact) mass is 472 g/mol. The van der Waals surface area contributed by atoms with Crippen molar-refractivity contribution in [2.45, 2.75) is 46.7 Å². The predicted octanol–water partition coefficient (Wildman–Crippen LogP) is 3.53.